The molecule has 0 heterocycles. The van der Waals surface area contributed by atoms with E-state index >= 15 is 0 Å². The molecule has 0 saturated carbocycles. The van der Waals surface area contributed by atoms with Crippen molar-refractivity contribution in [3.8, 4) is 5.75 Å². The van der Waals surface area contributed by atoms with Crippen LogP contribution in [0.5, 0.6) is 5.75 Å². The molecule has 0 aliphatic carbocycles. The first-order chi connectivity index (χ1) is 7.69. The second-order valence-electron chi connectivity index (χ2n) is 3.63. The summed E-state index contributed by atoms with van der Waals surface area (Å²) in [5.41, 5.74) is 5.96. The number of carbonyl (C=O) groups excluding carboxylic acids is 1. The lowest BCUT2D eigenvalue weighted by Gasteiger charge is -2.21. The van der Waals surface area contributed by atoms with Crippen LogP contribution in [-0.4, -0.2) is 35.5 Å². The van der Waals surface area contributed by atoms with Gasteiger partial charge in [0.05, 0.1) is 0 Å². The molecule has 1 aromatic rings. The maximum atomic E-state index is 12.0. The molecule has 16 heavy (non-hydrogen) atoms. The number of aromatic hydroxyl groups is 1. The molecule has 0 aliphatic rings. The molecule has 0 atom stereocenters. The fourth-order valence-corrected chi connectivity index (χ4v) is 1.56. The lowest BCUT2D eigenvalue weighted by atomic mass is 10.2. The van der Waals surface area contributed by atoms with E-state index in [-0.39, 0.29) is 11.7 Å². The molecule has 1 amide bonds. The molecular weight excluding hydrogens is 204 g/mol. The van der Waals surface area contributed by atoms with Crippen molar-refractivity contribution < 1.29 is 9.90 Å². The number of rotatable bonds is 5. The lowest BCUT2D eigenvalue weighted by molar-refractivity contribution is 0.0760. The molecule has 1 aromatic carbocycles. The van der Waals surface area contributed by atoms with Crippen LogP contribution in [-0.2, 0) is 0 Å². The molecule has 88 valence electrons. The maximum absolute atomic E-state index is 12.0. The predicted octanol–water partition coefficient (Wildman–Crippen LogP) is 1.20. The van der Waals surface area contributed by atoms with Gasteiger partial charge in [0.2, 0.25) is 0 Å². The van der Waals surface area contributed by atoms with E-state index in [1.807, 2.05) is 6.92 Å². The van der Waals surface area contributed by atoms with Crippen LogP contribution >= 0.6 is 0 Å². The van der Waals surface area contributed by atoms with E-state index in [1.165, 1.54) is 6.07 Å². The Bertz CT molecular complexity index is 347. The normalized spacial score (nSPS) is 10.1. The van der Waals surface area contributed by atoms with Gasteiger partial charge in [-0.3, -0.25) is 4.79 Å². The van der Waals surface area contributed by atoms with Crippen LogP contribution in [0.3, 0.4) is 0 Å². The first-order valence-electron chi connectivity index (χ1n) is 5.47. The highest BCUT2D eigenvalue weighted by molar-refractivity contribution is 5.94. The number of amides is 1. The number of nitrogens with zero attached hydrogens (tertiary/aromatic N) is 1. The average molecular weight is 222 g/mol. The Hall–Kier alpha value is -1.55. The van der Waals surface area contributed by atoms with E-state index in [4.69, 9.17) is 5.73 Å². The van der Waals surface area contributed by atoms with Gasteiger partial charge in [-0.05, 0) is 24.6 Å². The van der Waals surface area contributed by atoms with Gasteiger partial charge in [-0.25, -0.2) is 0 Å². The lowest BCUT2D eigenvalue weighted by Crippen LogP contribution is -2.35. The maximum Gasteiger partial charge on any atom is 0.254 e. The van der Waals surface area contributed by atoms with Crippen LogP contribution in [0.15, 0.2) is 24.3 Å². The van der Waals surface area contributed by atoms with Crippen molar-refractivity contribution >= 4 is 5.91 Å². The topological polar surface area (TPSA) is 66.6 Å². The van der Waals surface area contributed by atoms with Crippen LogP contribution in [0.2, 0.25) is 0 Å². The van der Waals surface area contributed by atoms with Crippen molar-refractivity contribution in [1.82, 2.24) is 4.90 Å². The largest absolute Gasteiger partial charge is 0.508 e. The highest BCUT2D eigenvalue weighted by atomic mass is 16.3. The summed E-state index contributed by atoms with van der Waals surface area (Å²) in [6.07, 6.45) is 0.893. The zero-order valence-electron chi connectivity index (χ0n) is 9.52. The third kappa shape index (κ3) is 3.24. The van der Waals surface area contributed by atoms with Gasteiger partial charge < -0.3 is 15.7 Å². The van der Waals surface area contributed by atoms with Crippen LogP contribution in [0.25, 0.3) is 0 Å². The van der Waals surface area contributed by atoms with Gasteiger partial charge in [0.15, 0.2) is 0 Å². The molecule has 4 heteroatoms. The van der Waals surface area contributed by atoms with Crippen LogP contribution in [0, 0.1) is 0 Å². The quantitative estimate of drug-likeness (QED) is 0.786. The molecular formula is C12H18N2O2. The Morgan fingerprint density at radius 2 is 2.19 bits per heavy atom. The van der Waals surface area contributed by atoms with Gasteiger partial charge >= 0.3 is 0 Å². The standard InChI is InChI=1S/C12H18N2O2/c1-2-7-14(8-6-13)12(16)10-4-3-5-11(15)9-10/h3-5,9,15H,2,6-8,13H2,1H3. The molecule has 0 bridgehead atoms. The zero-order chi connectivity index (χ0) is 12.0. The monoisotopic (exact) mass is 222 g/mol. The van der Waals surface area contributed by atoms with Crippen molar-refractivity contribution in [2.45, 2.75) is 13.3 Å². The summed E-state index contributed by atoms with van der Waals surface area (Å²) in [7, 11) is 0. The van der Waals surface area contributed by atoms with Gasteiger partial charge in [0, 0.05) is 25.2 Å². The summed E-state index contributed by atoms with van der Waals surface area (Å²) in [4.78, 5) is 13.7. The summed E-state index contributed by atoms with van der Waals surface area (Å²) in [5.74, 6) is 0.0262. The van der Waals surface area contributed by atoms with Gasteiger partial charge in [0.25, 0.3) is 5.91 Å². The van der Waals surface area contributed by atoms with Crippen LogP contribution in [0.4, 0.5) is 0 Å². The SMILES string of the molecule is CCCN(CCN)C(=O)c1cccc(O)c1. The Morgan fingerprint density at radius 3 is 2.75 bits per heavy atom. The molecule has 0 aromatic heterocycles. The number of benzene rings is 1. The molecule has 0 aliphatic heterocycles. The Labute approximate surface area is 95.7 Å². The first-order valence-corrected chi connectivity index (χ1v) is 5.47. The fourth-order valence-electron chi connectivity index (χ4n) is 1.56. The van der Waals surface area contributed by atoms with Crippen LogP contribution in [0.1, 0.15) is 23.7 Å². The molecule has 0 fully saturated rings. The number of hydrogen-bond donors (Lipinski definition) is 2. The molecule has 0 radical (unpaired) electrons. The van der Waals surface area contributed by atoms with Gasteiger partial charge in [-0.15, -0.1) is 0 Å². The molecule has 0 unspecified atom stereocenters. The summed E-state index contributed by atoms with van der Waals surface area (Å²) in [6, 6.07) is 6.38. The zero-order valence-corrected chi connectivity index (χ0v) is 9.52. The molecule has 0 spiro atoms. The molecule has 3 N–H and O–H groups in total. The highest BCUT2D eigenvalue weighted by Crippen LogP contribution is 2.13. The van der Waals surface area contributed by atoms with E-state index in [9.17, 15) is 9.90 Å². The van der Waals surface area contributed by atoms with Gasteiger partial charge in [-0.1, -0.05) is 13.0 Å². The molecule has 0 saturated heterocycles. The third-order valence-electron chi connectivity index (χ3n) is 2.27. The van der Waals surface area contributed by atoms with E-state index in [0.29, 0.717) is 25.2 Å². The predicted molar refractivity (Wildman–Crippen MR) is 63.4 cm³/mol. The minimum absolute atomic E-state index is 0.0804. The van der Waals surface area contributed by atoms with Gasteiger partial charge in [-0.2, -0.15) is 0 Å². The van der Waals surface area contributed by atoms with Crippen molar-refractivity contribution in [2.24, 2.45) is 5.73 Å². The summed E-state index contributed by atoms with van der Waals surface area (Å²) in [5, 5.41) is 9.31. The van der Waals surface area contributed by atoms with Crippen molar-refractivity contribution in [2.75, 3.05) is 19.6 Å². The summed E-state index contributed by atoms with van der Waals surface area (Å²) >= 11 is 0. The van der Waals surface area contributed by atoms with Crippen LogP contribution < -0.4 is 5.73 Å². The van der Waals surface area contributed by atoms with E-state index in [1.54, 1.807) is 23.1 Å². The van der Waals surface area contributed by atoms with Crippen molar-refractivity contribution in [1.29, 1.82) is 0 Å². The highest BCUT2D eigenvalue weighted by Gasteiger charge is 2.14. The second-order valence-corrected chi connectivity index (χ2v) is 3.63. The Kier molecular flexibility index (Phi) is 4.79. The summed E-state index contributed by atoms with van der Waals surface area (Å²) in [6.45, 7) is 3.69. The van der Waals surface area contributed by atoms with E-state index in [2.05, 4.69) is 0 Å². The Balaban J connectivity index is 2.81. The van der Waals surface area contributed by atoms with E-state index < -0.39 is 0 Å². The fraction of sp³-hybridized carbons (Fsp3) is 0.417. The van der Waals surface area contributed by atoms with Crippen molar-refractivity contribution in [3.63, 3.8) is 0 Å². The first kappa shape index (κ1) is 12.5. The number of nitrogens with two attached hydrogens (primary N) is 1. The number of phenolic OH excluding ortho intramolecular Hbond substituents is 1. The molecule has 1 rings (SSSR count). The number of hydrogen-bond acceptors (Lipinski definition) is 3. The minimum atomic E-state index is -0.0804. The molecule has 4 nitrogen and oxygen atoms in total. The Morgan fingerprint density at radius 1 is 1.44 bits per heavy atom. The van der Waals surface area contributed by atoms with Crippen molar-refractivity contribution in [3.05, 3.63) is 29.8 Å². The van der Waals surface area contributed by atoms with E-state index in [0.717, 1.165) is 6.42 Å². The number of phenols is 1. The average Bonchev–Trinajstić information content (AvgIpc) is 2.28. The smallest absolute Gasteiger partial charge is 0.254 e. The second kappa shape index (κ2) is 6.12. The third-order valence-corrected chi connectivity index (χ3v) is 2.27. The van der Waals surface area contributed by atoms with Gasteiger partial charge in [0.1, 0.15) is 5.75 Å². The number of carbonyl (C=O) groups is 1. The summed E-state index contributed by atoms with van der Waals surface area (Å²) < 4.78 is 0. The minimum Gasteiger partial charge on any atom is -0.508 e.